The van der Waals surface area contributed by atoms with Gasteiger partial charge < -0.3 is 13.9 Å². The predicted octanol–water partition coefficient (Wildman–Crippen LogP) is 3.69. The first kappa shape index (κ1) is 15.5. The highest BCUT2D eigenvalue weighted by Crippen LogP contribution is 2.40. The average molecular weight is 351 g/mol. The Morgan fingerprint density at radius 1 is 0.885 bits per heavy atom. The van der Waals surface area contributed by atoms with Gasteiger partial charge in [-0.05, 0) is 32.6 Å². The van der Waals surface area contributed by atoms with Crippen LogP contribution >= 0.6 is 0 Å². The van der Waals surface area contributed by atoms with Crippen molar-refractivity contribution < 1.29 is 9.05 Å². The molecule has 0 spiro atoms. The highest BCUT2D eigenvalue weighted by Gasteiger charge is 2.32. The lowest BCUT2D eigenvalue weighted by Crippen LogP contribution is -2.33. The predicted molar refractivity (Wildman–Crippen MR) is 94.9 cm³/mol. The van der Waals surface area contributed by atoms with Crippen LogP contribution in [0.3, 0.4) is 0 Å². The first-order valence-electron chi connectivity index (χ1n) is 9.25. The van der Waals surface area contributed by atoms with E-state index < -0.39 is 0 Å². The zero-order valence-corrected chi connectivity index (χ0v) is 14.8. The number of hydrogen-bond donors (Lipinski definition) is 0. The van der Waals surface area contributed by atoms with Crippen LogP contribution in [0.1, 0.15) is 54.8 Å². The van der Waals surface area contributed by atoms with Crippen LogP contribution < -0.4 is 4.90 Å². The molecule has 1 aromatic carbocycles. The van der Waals surface area contributed by atoms with E-state index in [0.29, 0.717) is 23.7 Å². The van der Waals surface area contributed by atoms with Gasteiger partial charge in [0.1, 0.15) is 0 Å². The zero-order chi connectivity index (χ0) is 17.5. The summed E-state index contributed by atoms with van der Waals surface area (Å²) < 4.78 is 10.9. The monoisotopic (exact) mass is 351 g/mol. The molecule has 3 aromatic rings. The van der Waals surface area contributed by atoms with Crippen molar-refractivity contribution in [3.05, 3.63) is 41.5 Å². The minimum Gasteiger partial charge on any atom is -0.339 e. The molecule has 7 heteroatoms. The third kappa shape index (κ3) is 2.98. The molecule has 1 saturated heterocycles. The van der Waals surface area contributed by atoms with Gasteiger partial charge in [-0.25, -0.2) is 0 Å². The number of benzene rings is 1. The Labute approximate surface area is 151 Å². The minimum atomic E-state index is 0.349. The second-order valence-electron chi connectivity index (χ2n) is 7.29. The Morgan fingerprint density at radius 2 is 1.65 bits per heavy atom. The van der Waals surface area contributed by atoms with E-state index >= 15 is 0 Å². The van der Waals surface area contributed by atoms with E-state index in [-0.39, 0.29) is 0 Å². The van der Waals surface area contributed by atoms with Gasteiger partial charge in [0.15, 0.2) is 5.82 Å². The molecule has 1 aliphatic heterocycles. The number of anilines is 1. The van der Waals surface area contributed by atoms with Crippen molar-refractivity contribution in [1.29, 1.82) is 0 Å². The minimum absolute atomic E-state index is 0.349. The van der Waals surface area contributed by atoms with Crippen molar-refractivity contribution >= 4 is 6.01 Å². The summed E-state index contributed by atoms with van der Waals surface area (Å²) in [4.78, 5) is 11.3. The van der Waals surface area contributed by atoms with E-state index in [0.717, 1.165) is 43.2 Å². The van der Waals surface area contributed by atoms with E-state index in [1.54, 1.807) is 0 Å². The standard InChI is InChI=1S/C19H21N5O2/c1-12-2-4-13(5-3-12)17-21-19(26-23-17)24-10-8-14(9-11-24)16-20-18(25-22-16)15-6-7-15/h2-5,14-15H,6-11H2,1H3. The fraction of sp³-hybridized carbons (Fsp3) is 0.474. The molecule has 0 unspecified atom stereocenters. The summed E-state index contributed by atoms with van der Waals surface area (Å²) in [5.41, 5.74) is 2.19. The Balaban J connectivity index is 1.24. The van der Waals surface area contributed by atoms with Crippen molar-refractivity contribution in [2.24, 2.45) is 0 Å². The lowest BCUT2D eigenvalue weighted by atomic mass is 9.96. The van der Waals surface area contributed by atoms with Gasteiger partial charge in [-0.2, -0.15) is 9.97 Å². The summed E-state index contributed by atoms with van der Waals surface area (Å²) in [6.07, 6.45) is 4.29. The lowest BCUT2D eigenvalue weighted by molar-refractivity contribution is 0.360. The van der Waals surface area contributed by atoms with Gasteiger partial charge in [-0.1, -0.05) is 40.1 Å². The topological polar surface area (TPSA) is 81.1 Å². The SMILES string of the molecule is Cc1ccc(-c2noc(N3CCC(c4noc(C5CC5)n4)CC3)n2)cc1. The maximum atomic E-state index is 5.49. The number of aromatic nitrogens is 4. The summed E-state index contributed by atoms with van der Waals surface area (Å²) >= 11 is 0. The fourth-order valence-electron chi connectivity index (χ4n) is 3.40. The van der Waals surface area contributed by atoms with Gasteiger partial charge >= 0.3 is 6.01 Å². The number of piperidine rings is 1. The van der Waals surface area contributed by atoms with Gasteiger partial charge in [-0.15, -0.1) is 0 Å². The van der Waals surface area contributed by atoms with Gasteiger partial charge in [-0.3, -0.25) is 0 Å². The first-order chi connectivity index (χ1) is 12.8. The average Bonchev–Trinajstić information content (AvgIpc) is 3.20. The maximum Gasteiger partial charge on any atom is 0.324 e. The molecule has 7 nitrogen and oxygen atoms in total. The van der Waals surface area contributed by atoms with Crippen molar-refractivity contribution in [3.63, 3.8) is 0 Å². The number of hydrogen-bond acceptors (Lipinski definition) is 7. The van der Waals surface area contributed by atoms with Gasteiger partial charge in [0.05, 0.1) is 0 Å². The molecule has 1 aliphatic carbocycles. The third-order valence-electron chi connectivity index (χ3n) is 5.24. The molecule has 3 heterocycles. The van der Waals surface area contributed by atoms with Crippen molar-refractivity contribution in [2.75, 3.05) is 18.0 Å². The van der Waals surface area contributed by atoms with Crippen LogP contribution in [0.2, 0.25) is 0 Å². The molecule has 0 radical (unpaired) electrons. The Morgan fingerprint density at radius 3 is 2.38 bits per heavy atom. The van der Waals surface area contributed by atoms with E-state index in [4.69, 9.17) is 9.05 Å². The second-order valence-corrected chi connectivity index (χ2v) is 7.29. The molecule has 5 rings (SSSR count). The maximum absolute atomic E-state index is 5.49. The first-order valence-corrected chi connectivity index (χ1v) is 9.25. The summed E-state index contributed by atoms with van der Waals surface area (Å²) in [6, 6.07) is 8.73. The van der Waals surface area contributed by atoms with Crippen LogP contribution in [0.5, 0.6) is 0 Å². The normalized spacial score (nSPS) is 18.4. The molecule has 2 aromatic heterocycles. The summed E-state index contributed by atoms with van der Waals surface area (Å²) in [5.74, 6) is 3.17. The lowest BCUT2D eigenvalue weighted by Gasteiger charge is -2.28. The molecule has 2 fully saturated rings. The van der Waals surface area contributed by atoms with E-state index in [1.165, 1.54) is 18.4 Å². The number of aryl methyl sites for hydroxylation is 1. The zero-order valence-electron chi connectivity index (χ0n) is 14.8. The molecule has 0 atom stereocenters. The largest absolute Gasteiger partial charge is 0.339 e. The molecule has 26 heavy (non-hydrogen) atoms. The molecule has 134 valence electrons. The highest BCUT2D eigenvalue weighted by atomic mass is 16.5. The highest BCUT2D eigenvalue weighted by molar-refractivity contribution is 5.56. The van der Waals surface area contributed by atoms with Crippen molar-refractivity contribution in [1.82, 2.24) is 20.3 Å². The Kier molecular flexibility index (Phi) is 3.72. The van der Waals surface area contributed by atoms with E-state index in [2.05, 4.69) is 44.2 Å². The van der Waals surface area contributed by atoms with Gasteiger partial charge in [0, 0.05) is 30.5 Å². The summed E-state index contributed by atoms with van der Waals surface area (Å²) in [5, 5.41) is 8.32. The van der Waals surface area contributed by atoms with Crippen LogP contribution in [0.4, 0.5) is 6.01 Å². The van der Waals surface area contributed by atoms with Gasteiger partial charge in [0.2, 0.25) is 11.7 Å². The second kappa shape index (κ2) is 6.23. The van der Waals surface area contributed by atoms with Gasteiger partial charge in [0.25, 0.3) is 0 Å². The van der Waals surface area contributed by atoms with Crippen LogP contribution in [-0.2, 0) is 0 Å². The van der Waals surface area contributed by atoms with Crippen LogP contribution in [0, 0.1) is 6.92 Å². The summed E-state index contributed by atoms with van der Waals surface area (Å²) in [6.45, 7) is 3.77. The number of nitrogens with zero attached hydrogens (tertiary/aromatic N) is 5. The fourth-order valence-corrected chi connectivity index (χ4v) is 3.40. The molecule has 0 N–H and O–H groups in total. The van der Waals surface area contributed by atoms with Crippen LogP contribution in [0.15, 0.2) is 33.3 Å². The molecular formula is C19H21N5O2. The van der Waals surface area contributed by atoms with E-state index in [1.807, 2.05) is 12.1 Å². The molecule has 1 saturated carbocycles. The van der Waals surface area contributed by atoms with Crippen molar-refractivity contribution in [2.45, 2.75) is 44.4 Å². The quantitative estimate of drug-likeness (QED) is 0.709. The molecular weight excluding hydrogens is 330 g/mol. The molecule has 0 bridgehead atoms. The molecule has 0 amide bonds. The molecule has 2 aliphatic rings. The van der Waals surface area contributed by atoms with E-state index in [9.17, 15) is 0 Å². The Bertz CT molecular complexity index is 889. The van der Waals surface area contributed by atoms with Crippen LogP contribution in [0.25, 0.3) is 11.4 Å². The number of rotatable bonds is 4. The third-order valence-corrected chi connectivity index (χ3v) is 5.24. The van der Waals surface area contributed by atoms with Crippen LogP contribution in [-0.4, -0.2) is 33.4 Å². The van der Waals surface area contributed by atoms with Crippen molar-refractivity contribution in [3.8, 4) is 11.4 Å². The smallest absolute Gasteiger partial charge is 0.324 e. The summed E-state index contributed by atoms with van der Waals surface area (Å²) in [7, 11) is 0. The Hall–Kier alpha value is -2.70.